The maximum absolute atomic E-state index is 13.5. The molecule has 5 rings (SSSR count). The molecule has 2 bridgehead atoms. The minimum absolute atomic E-state index is 0.194. The van der Waals surface area contributed by atoms with Gasteiger partial charge in [-0.25, -0.2) is 5.48 Å². The van der Waals surface area contributed by atoms with Crippen molar-refractivity contribution in [2.24, 2.45) is 0 Å². The van der Waals surface area contributed by atoms with Crippen LogP contribution >= 0.6 is 11.6 Å². The lowest BCUT2D eigenvalue weighted by Crippen LogP contribution is -2.51. The molecule has 31 heavy (non-hydrogen) atoms. The average molecular weight is 438 g/mol. The summed E-state index contributed by atoms with van der Waals surface area (Å²) in [5.41, 5.74) is 4.26. The molecule has 3 aliphatic rings. The highest BCUT2D eigenvalue weighted by molar-refractivity contribution is 6.30. The van der Waals surface area contributed by atoms with Gasteiger partial charge in [0.2, 0.25) is 5.91 Å². The Bertz CT molecular complexity index is 1050. The van der Waals surface area contributed by atoms with E-state index in [-0.39, 0.29) is 23.4 Å². The fraction of sp³-hybridized carbons (Fsp3) is 0.333. The SMILES string of the molecule is O=C(C=Cc1ccccc1N1C[C@@H]2C[C@H]1CN2C(=O)C1(c2ccc(Cl)cc2)CC1)NO. The van der Waals surface area contributed by atoms with Gasteiger partial charge in [-0.05, 0) is 54.7 Å². The van der Waals surface area contributed by atoms with E-state index in [1.807, 2.05) is 48.5 Å². The van der Waals surface area contributed by atoms with Crippen molar-refractivity contribution in [3.8, 4) is 0 Å². The molecule has 2 saturated heterocycles. The minimum atomic E-state index is -0.563. The third-order valence-electron chi connectivity index (χ3n) is 6.83. The van der Waals surface area contributed by atoms with Crippen LogP contribution in [-0.4, -0.2) is 47.1 Å². The van der Waals surface area contributed by atoms with Crippen molar-refractivity contribution in [1.82, 2.24) is 10.4 Å². The van der Waals surface area contributed by atoms with Crippen LogP contribution in [0.4, 0.5) is 5.69 Å². The van der Waals surface area contributed by atoms with Gasteiger partial charge in [0.05, 0.1) is 11.5 Å². The van der Waals surface area contributed by atoms with E-state index < -0.39 is 5.91 Å². The highest BCUT2D eigenvalue weighted by atomic mass is 35.5. The summed E-state index contributed by atoms with van der Waals surface area (Å²) in [6.07, 6.45) is 5.76. The minimum Gasteiger partial charge on any atom is -0.364 e. The molecule has 2 heterocycles. The Morgan fingerprint density at radius 1 is 1.06 bits per heavy atom. The second-order valence-electron chi connectivity index (χ2n) is 8.61. The number of nitrogens with zero attached hydrogens (tertiary/aromatic N) is 2. The number of para-hydroxylation sites is 1. The number of likely N-dealkylation sites (tertiary alicyclic amines) is 1. The molecule has 7 heteroatoms. The number of hydroxylamine groups is 1. The van der Waals surface area contributed by atoms with Crippen LogP contribution in [0.3, 0.4) is 0 Å². The molecular formula is C24H24ClN3O3. The number of carbonyl (C=O) groups is 2. The van der Waals surface area contributed by atoms with Crippen molar-refractivity contribution in [3.63, 3.8) is 0 Å². The van der Waals surface area contributed by atoms with E-state index in [1.54, 1.807) is 11.6 Å². The smallest absolute Gasteiger partial charge is 0.267 e. The van der Waals surface area contributed by atoms with Crippen molar-refractivity contribution < 1.29 is 14.8 Å². The zero-order chi connectivity index (χ0) is 21.6. The lowest BCUT2D eigenvalue weighted by molar-refractivity contribution is -0.135. The number of rotatable bonds is 5. The molecule has 160 valence electrons. The molecule has 0 spiro atoms. The molecule has 2 aromatic carbocycles. The summed E-state index contributed by atoms with van der Waals surface area (Å²) in [6.45, 7) is 1.50. The molecule has 1 saturated carbocycles. The largest absolute Gasteiger partial charge is 0.364 e. The number of nitrogens with one attached hydrogen (secondary N) is 1. The highest BCUT2D eigenvalue weighted by Crippen LogP contribution is 2.51. The number of fused-ring (bicyclic) bond motifs is 2. The Hall–Kier alpha value is -2.83. The van der Waals surface area contributed by atoms with Crippen LogP contribution in [0.2, 0.25) is 5.02 Å². The van der Waals surface area contributed by atoms with E-state index in [0.29, 0.717) is 11.6 Å². The molecule has 2 aliphatic heterocycles. The number of carbonyl (C=O) groups excluding carboxylic acids is 2. The topological polar surface area (TPSA) is 72.9 Å². The highest BCUT2D eigenvalue weighted by Gasteiger charge is 2.57. The standard InChI is InChI=1S/C24H24ClN3O3/c25-18-8-6-17(7-9-18)24(11-12-24)23(30)28-15-19-13-20(28)14-27(19)21-4-2-1-3-16(21)5-10-22(29)26-31/h1-10,19-20,31H,11-15H2,(H,26,29)/t19-,20-/m0/s1. The van der Waals surface area contributed by atoms with Gasteiger partial charge in [0.1, 0.15) is 0 Å². The first kappa shape index (κ1) is 20.1. The van der Waals surface area contributed by atoms with Gasteiger partial charge < -0.3 is 9.80 Å². The van der Waals surface area contributed by atoms with Crippen LogP contribution in [0.1, 0.15) is 30.4 Å². The maximum Gasteiger partial charge on any atom is 0.267 e. The molecule has 2 amide bonds. The van der Waals surface area contributed by atoms with E-state index in [9.17, 15) is 9.59 Å². The van der Waals surface area contributed by atoms with E-state index in [1.165, 1.54) is 6.08 Å². The molecule has 2 atom stereocenters. The Morgan fingerprint density at radius 3 is 2.45 bits per heavy atom. The monoisotopic (exact) mass is 437 g/mol. The second-order valence-corrected chi connectivity index (χ2v) is 9.05. The van der Waals surface area contributed by atoms with E-state index in [2.05, 4.69) is 9.80 Å². The quantitative estimate of drug-likeness (QED) is 0.427. The van der Waals surface area contributed by atoms with Crippen LogP contribution in [0, 0.1) is 0 Å². The number of benzene rings is 2. The van der Waals surface area contributed by atoms with Crippen molar-refractivity contribution in [2.45, 2.75) is 36.8 Å². The maximum atomic E-state index is 13.5. The Labute approximate surface area is 186 Å². The van der Waals surface area contributed by atoms with E-state index >= 15 is 0 Å². The molecule has 3 fully saturated rings. The fourth-order valence-electron chi connectivity index (χ4n) is 5.10. The lowest BCUT2D eigenvalue weighted by atomic mass is 9.94. The first-order chi connectivity index (χ1) is 15.0. The second kappa shape index (κ2) is 7.70. The molecule has 1 aliphatic carbocycles. The van der Waals surface area contributed by atoms with Crippen LogP contribution in [0.15, 0.2) is 54.6 Å². The molecule has 6 nitrogen and oxygen atoms in total. The van der Waals surface area contributed by atoms with Gasteiger partial charge in [0.15, 0.2) is 0 Å². The molecule has 2 aromatic rings. The first-order valence-electron chi connectivity index (χ1n) is 10.6. The number of amides is 2. The van der Waals surface area contributed by atoms with Gasteiger partial charge in [0, 0.05) is 35.9 Å². The zero-order valence-electron chi connectivity index (χ0n) is 17.0. The third kappa shape index (κ3) is 3.50. The average Bonchev–Trinajstić information content (AvgIpc) is 3.36. The van der Waals surface area contributed by atoms with Crippen LogP contribution in [0.5, 0.6) is 0 Å². The predicted molar refractivity (Wildman–Crippen MR) is 119 cm³/mol. The van der Waals surface area contributed by atoms with Crippen LogP contribution in [-0.2, 0) is 15.0 Å². The van der Waals surface area contributed by atoms with Crippen LogP contribution in [0.25, 0.3) is 6.08 Å². The molecule has 0 aromatic heterocycles. The van der Waals surface area contributed by atoms with Gasteiger partial charge in [-0.1, -0.05) is 41.9 Å². The predicted octanol–water partition coefficient (Wildman–Crippen LogP) is 3.38. The van der Waals surface area contributed by atoms with Crippen LogP contribution < -0.4 is 10.4 Å². The molecule has 0 unspecified atom stereocenters. The van der Waals surface area contributed by atoms with Crippen molar-refractivity contribution in [2.75, 3.05) is 18.0 Å². The van der Waals surface area contributed by atoms with Gasteiger partial charge in [-0.2, -0.15) is 0 Å². The fourth-order valence-corrected chi connectivity index (χ4v) is 5.22. The van der Waals surface area contributed by atoms with Gasteiger partial charge in [-0.15, -0.1) is 0 Å². The van der Waals surface area contributed by atoms with Gasteiger partial charge in [0.25, 0.3) is 5.91 Å². The Balaban J connectivity index is 1.33. The summed E-state index contributed by atoms with van der Waals surface area (Å²) < 4.78 is 0. The summed E-state index contributed by atoms with van der Waals surface area (Å²) in [6, 6.07) is 16.0. The third-order valence-corrected chi connectivity index (χ3v) is 7.08. The first-order valence-corrected chi connectivity index (χ1v) is 10.9. The van der Waals surface area contributed by atoms with Gasteiger partial charge >= 0.3 is 0 Å². The van der Waals surface area contributed by atoms with Crippen molar-refractivity contribution in [1.29, 1.82) is 0 Å². The number of hydrogen-bond donors (Lipinski definition) is 2. The van der Waals surface area contributed by atoms with Gasteiger partial charge in [-0.3, -0.25) is 14.8 Å². The lowest BCUT2D eigenvalue weighted by Gasteiger charge is -2.38. The Morgan fingerprint density at radius 2 is 1.81 bits per heavy atom. The summed E-state index contributed by atoms with van der Waals surface area (Å²) in [4.78, 5) is 29.3. The van der Waals surface area contributed by atoms with E-state index in [0.717, 1.165) is 42.6 Å². The van der Waals surface area contributed by atoms with Crippen molar-refractivity contribution >= 4 is 35.2 Å². The normalized spacial score (nSPS) is 23.4. The summed E-state index contributed by atoms with van der Waals surface area (Å²) in [5.74, 6) is -0.318. The van der Waals surface area contributed by atoms with E-state index in [4.69, 9.17) is 16.8 Å². The molecule has 0 radical (unpaired) electrons. The number of halogens is 1. The number of anilines is 1. The zero-order valence-corrected chi connectivity index (χ0v) is 17.8. The number of piperazine rings is 1. The summed E-state index contributed by atoms with van der Waals surface area (Å²) in [7, 11) is 0. The van der Waals surface area contributed by atoms with Crippen molar-refractivity contribution in [3.05, 3.63) is 70.8 Å². The Kier molecular flexibility index (Phi) is 4.99. The summed E-state index contributed by atoms with van der Waals surface area (Å²) in [5, 5.41) is 9.41. The number of hydrogen-bond acceptors (Lipinski definition) is 4. The summed E-state index contributed by atoms with van der Waals surface area (Å²) >= 11 is 6.04. The molecule has 2 N–H and O–H groups in total. The molecular weight excluding hydrogens is 414 g/mol.